The average Bonchev–Trinajstić information content (AvgIpc) is 3.17. The van der Waals surface area contributed by atoms with Crippen LogP contribution in [0, 0.1) is 0 Å². The molecule has 0 heteroatoms. The highest BCUT2D eigenvalue weighted by atomic mass is 14.4. The first-order valence-electron chi connectivity index (χ1n) is 13.1. The third-order valence-corrected chi connectivity index (χ3v) is 8.06. The lowest BCUT2D eigenvalue weighted by molar-refractivity contribution is 0.660. The third kappa shape index (κ3) is 3.69. The number of hydrogen-bond acceptors (Lipinski definition) is 0. The molecule has 1 unspecified atom stereocenters. The van der Waals surface area contributed by atoms with Gasteiger partial charge in [0.05, 0.1) is 0 Å². The molecule has 1 aliphatic rings. The summed E-state index contributed by atoms with van der Waals surface area (Å²) in [6, 6.07) is 44.8. The highest BCUT2D eigenvalue weighted by Gasteiger charge is 2.35. The maximum absolute atomic E-state index is 2.39. The van der Waals surface area contributed by atoms with Crippen molar-refractivity contribution in [3.05, 3.63) is 144 Å². The Hall–Kier alpha value is -3.90. The van der Waals surface area contributed by atoms with Crippen LogP contribution in [0.5, 0.6) is 0 Å². The van der Waals surface area contributed by atoms with Crippen molar-refractivity contribution in [2.45, 2.75) is 38.5 Å². The first-order chi connectivity index (χ1) is 17.6. The Balaban J connectivity index is 1.36. The zero-order valence-corrected chi connectivity index (χ0v) is 21.3. The molecule has 176 valence electrons. The molecule has 1 aliphatic carbocycles. The minimum absolute atomic E-state index is 0.0504. The van der Waals surface area contributed by atoms with Crippen LogP contribution in [-0.2, 0) is 5.41 Å². The predicted molar refractivity (Wildman–Crippen MR) is 153 cm³/mol. The normalized spacial score (nSPS) is 14.2. The van der Waals surface area contributed by atoms with Crippen LogP contribution < -0.4 is 0 Å². The van der Waals surface area contributed by atoms with Gasteiger partial charge in [0.15, 0.2) is 0 Å². The monoisotopic (exact) mass is 464 g/mol. The second-order valence-electron chi connectivity index (χ2n) is 10.5. The van der Waals surface area contributed by atoms with E-state index in [0.717, 1.165) is 6.42 Å². The fourth-order valence-corrected chi connectivity index (χ4v) is 6.12. The van der Waals surface area contributed by atoms with Crippen molar-refractivity contribution in [2.24, 2.45) is 0 Å². The maximum Gasteiger partial charge on any atom is 0.0158 e. The summed E-state index contributed by atoms with van der Waals surface area (Å²) in [5, 5.41) is 0. The van der Waals surface area contributed by atoms with Crippen LogP contribution in [-0.4, -0.2) is 0 Å². The van der Waals surface area contributed by atoms with Gasteiger partial charge in [-0.15, -0.1) is 0 Å². The van der Waals surface area contributed by atoms with Gasteiger partial charge in [-0.3, -0.25) is 0 Å². The van der Waals surface area contributed by atoms with Crippen LogP contribution in [0.25, 0.3) is 33.4 Å². The Kier molecular flexibility index (Phi) is 5.61. The summed E-state index contributed by atoms with van der Waals surface area (Å²) < 4.78 is 0. The molecule has 5 aromatic carbocycles. The lowest BCUT2D eigenvalue weighted by Gasteiger charge is -2.21. The van der Waals surface area contributed by atoms with Crippen LogP contribution in [0.1, 0.15) is 55.4 Å². The summed E-state index contributed by atoms with van der Waals surface area (Å²) in [5.41, 5.74) is 13.6. The van der Waals surface area contributed by atoms with Gasteiger partial charge < -0.3 is 0 Å². The Labute approximate surface area is 215 Å². The summed E-state index contributed by atoms with van der Waals surface area (Å²) >= 11 is 0. The van der Waals surface area contributed by atoms with E-state index in [4.69, 9.17) is 0 Å². The molecule has 0 nitrogen and oxygen atoms in total. The second kappa shape index (κ2) is 8.95. The number of benzene rings is 5. The molecule has 5 aromatic rings. The number of fused-ring (bicyclic) bond motifs is 3. The minimum atomic E-state index is 0.0504. The van der Waals surface area contributed by atoms with Gasteiger partial charge in [0, 0.05) is 11.3 Å². The van der Waals surface area contributed by atoms with Crippen molar-refractivity contribution in [1.82, 2.24) is 0 Å². The molecule has 0 fully saturated rings. The van der Waals surface area contributed by atoms with E-state index < -0.39 is 0 Å². The van der Waals surface area contributed by atoms with Crippen LogP contribution >= 0.6 is 0 Å². The summed E-state index contributed by atoms with van der Waals surface area (Å²) in [5.74, 6) is 0.364. The van der Waals surface area contributed by atoms with Crippen molar-refractivity contribution >= 4 is 0 Å². The molecule has 1 atom stereocenters. The van der Waals surface area contributed by atoms with Crippen molar-refractivity contribution in [1.29, 1.82) is 0 Å². The van der Waals surface area contributed by atoms with E-state index in [1.165, 1.54) is 55.6 Å². The van der Waals surface area contributed by atoms with Crippen molar-refractivity contribution in [3.63, 3.8) is 0 Å². The zero-order valence-electron chi connectivity index (χ0n) is 21.3. The largest absolute Gasteiger partial charge is 0.0645 e. The molecule has 0 saturated carbocycles. The molecule has 0 N–H and O–H groups in total. The van der Waals surface area contributed by atoms with E-state index >= 15 is 0 Å². The summed E-state index contributed by atoms with van der Waals surface area (Å²) in [4.78, 5) is 0. The van der Waals surface area contributed by atoms with Crippen LogP contribution in [0.4, 0.5) is 0 Å². The molecule has 0 radical (unpaired) electrons. The topological polar surface area (TPSA) is 0 Å². The van der Waals surface area contributed by atoms with Crippen molar-refractivity contribution < 1.29 is 0 Å². The highest BCUT2D eigenvalue weighted by molar-refractivity contribution is 5.84. The molecule has 0 aliphatic heterocycles. The van der Waals surface area contributed by atoms with Gasteiger partial charge in [0.1, 0.15) is 0 Å². The Morgan fingerprint density at radius 2 is 1.14 bits per heavy atom. The fourth-order valence-electron chi connectivity index (χ4n) is 6.12. The smallest absolute Gasteiger partial charge is 0.0158 e. The van der Waals surface area contributed by atoms with Gasteiger partial charge in [0.25, 0.3) is 0 Å². The van der Waals surface area contributed by atoms with E-state index in [1.807, 2.05) is 0 Å². The summed E-state index contributed by atoms with van der Waals surface area (Å²) in [6.07, 6.45) is 1.06. The van der Waals surface area contributed by atoms with Gasteiger partial charge >= 0.3 is 0 Å². The van der Waals surface area contributed by atoms with E-state index in [1.54, 1.807) is 0 Å². The minimum Gasteiger partial charge on any atom is -0.0645 e. The number of hydrogen-bond donors (Lipinski definition) is 0. The Bertz CT molecular complexity index is 1520. The quantitative estimate of drug-likeness (QED) is 0.243. The Morgan fingerprint density at radius 3 is 1.89 bits per heavy atom. The molecule has 0 bridgehead atoms. The zero-order chi connectivity index (χ0) is 24.7. The van der Waals surface area contributed by atoms with Gasteiger partial charge in [-0.1, -0.05) is 136 Å². The van der Waals surface area contributed by atoms with Crippen molar-refractivity contribution in [2.75, 3.05) is 0 Å². The lowest BCUT2D eigenvalue weighted by Crippen LogP contribution is -2.14. The molecule has 36 heavy (non-hydrogen) atoms. The molecule has 0 heterocycles. The number of rotatable bonds is 5. The fraction of sp³-hybridized carbons (Fsp3) is 0.167. The first kappa shape index (κ1) is 22.6. The van der Waals surface area contributed by atoms with Gasteiger partial charge in [0.2, 0.25) is 0 Å². The van der Waals surface area contributed by atoms with E-state index in [9.17, 15) is 0 Å². The summed E-state index contributed by atoms with van der Waals surface area (Å²) in [7, 11) is 0. The van der Waals surface area contributed by atoms with E-state index in [-0.39, 0.29) is 5.41 Å². The van der Waals surface area contributed by atoms with Gasteiger partial charge in [-0.2, -0.15) is 0 Å². The molecule has 0 spiro atoms. The van der Waals surface area contributed by atoms with E-state index in [2.05, 4.69) is 142 Å². The molecule has 0 aromatic heterocycles. The second-order valence-corrected chi connectivity index (χ2v) is 10.5. The van der Waals surface area contributed by atoms with Crippen LogP contribution in [0.15, 0.2) is 121 Å². The van der Waals surface area contributed by atoms with Gasteiger partial charge in [-0.25, -0.2) is 0 Å². The average molecular weight is 465 g/mol. The Morgan fingerprint density at radius 1 is 0.528 bits per heavy atom. The third-order valence-electron chi connectivity index (χ3n) is 8.06. The molecular weight excluding hydrogens is 432 g/mol. The van der Waals surface area contributed by atoms with Crippen molar-refractivity contribution in [3.8, 4) is 33.4 Å². The highest BCUT2D eigenvalue weighted by Crippen LogP contribution is 2.49. The predicted octanol–water partition coefficient (Wildman–Crippen LogP) is 9.87. The van der Waals surface area contributed by atoms with Crippen LogP contribution in [0.3, 0.4) is 0 Å². The maximum atomic E-state index is 2.39. The molecule has 0 amide bonds. The first-order valence-corrected chi connectivity index (χ1v) is 13.1. The molecular formula is C36H32. The SMILES string of the molecule is CCC(c1ccc(-c2ccc3c(c2)-c2ccccc2C3(C)C)cc1)c1ccccc1-c1ccccc1. The molecule has 6 rings (SSSR count). The van der Waals surface area contributed by atoms with Gasteiger partial charge in [-0.05, 0) is 68.1 Å². The summed E-state index contributed by atoms with van der Waals surface area (Å²) in [6.45, 7) is 6.97. The van der Waals surface area contributed by atoms with E-state index in [0.29, 0.717) is 5.92 Å². The standard InChI is InChI=1S/C36H32/c1-4-29(31-15-9-8-14-30(31)26-12-6-5-7-13-26)27-20-18-25(19-21-27)28-22-23-35-33(24-28)32-16-10-11-17-34(32)36(35,2)3/h5-24,29H,4H2,1-3H3. The molecule has 0 saturated heterocycles. The van der Waals surface area contributed by atoms with Crippen LogP contribution in [0.2, 0.25) is 0 Å². The lowest BCUT2D eigenvalue weighted by atomic mass is 9.82.